The van der Waals surface area contributed by atoms with E-state index >= 15 is 0 Å². The Hall–Kier alpha value is -0.840. The zero-order valence-corrected chi connectivity index (χ0v) is 8.28. The van der Waals surface area contributed by atoms with Crippen LogP contribution >= 0.6 is 12.2 Å². The lowest BCUT2D eigenvalue weighted by atomic mass is 10.3. The predicted molar refractivity (Wildman–Crippen MR) is 53.9 cm³/mol. The van der Waals surface area contributed by atoms with Gasteiger partial charge in [-0.25, -0.2) is 0 Å². The highest BCUT2D eigenvalue weighted by molar-refractivity contribution is 7.80. The van der Waals surface area contributed by atoms with E-state index in [9.17, 15) is 0 Å². The van der Waals surface area contributed by atoms with Gasteiger partial charge >= 0.3 is 0 Å². The Morgan fingerprint density at radius 2 is 2.25 bits per heavy atom. The first-order chi connectivity index (χ1) is 5.70. The molecule has 0 heterocycles. The monoisotopic (exact) mass is 189 g/mol. The molecule has 4 nitrogen and oxygen atoms in total. The summed E-state index contributed by atoms with van der Waals surface area (Å²) in [6, 6.07) is 0. The van der Waals surface area contributed by atoms with Gasteiger partial charge in [0.1, 0.15) is 0 Å². The van der Waals surface area contributed by atoms with E-state index in [2.05, 4.69) is 29.7 Å². The van der Waals surface area contributed by atoms with Crippen molar-refractivity contribution in [3.8, 4) is 0 Å². The SMILES string of the molecule is CCC/C(=N/NC(N)=S)OCC. The maximum atomic E-state index is 5.21. The molecular formula is C7H15N3OS. The van der Waals surface area contributed by atoms with Crippen molar-refractivity contribution in [3.05, 3.63) is 0 Å². The molecule has 70 valence electrons. The van der Waals surface area contributed by atoms with E-state index in [0.717, 1.165) is 12.8 Å². The van der Waals surface area contributed by atoms with Gasteiger partial charge < -0.3 is 10.5 Å². The van der Waals surface area contributed by atoms with Crippen LogP contribution in [-0.4, -0.2) is 17.6 Å². The van der Waals surface area contributed by atoms with Gasteiger partial charge in [-0.3, -0.25) is 5.43 Å². The van der Waals surface area contributed by atoms with E-state index in [-0.39, 0.29) is 5.11 Å². The maximum absolute atomic E-state index is 5.21. The fraction of sp³-hybridized carbons (Fsp3) is 0.714. The minimum atomic E-state index is 0.156. The van der Waals surface area contributed by atoms with Crippen LogP contribution in [0.3, 0.4) is 0 Å². The van der Waals surface area contributed by atoms with E-state index in [1.54, 1.807) is 0 Å². The molecule has 0 aromatic carbocycles. The molecule has 0 amide bonds. The number of nitrogens with zero attached hydrogens (tertiary/aromatic N) is 1. The number of hydrogen-bond donors (Lipinski definition) is 2. The Kier molecular flexibility index (Phi) is 6.37. The average Bonchev–Trinajstić information content (AvgIpc) is 2.01. The van der Waals surface area contributed by atoms with Gasteiger partial charge in [0.05, 0.1) is 6.61 Å². The molecule has 5 heteroatoms. The van der Waals surface area contributed by atoms with Gasteiger partial charge in [0.25, 0.3) is 0 Å². The minimum Gasteiger partial charge on any atom is -0.480 e. The van der Waals surface area contributed by atoms with Gasteiger partial charge in [-0.15, -0.1) is 5.10 Å². The van der Waals surface area contributed by atoms with E-state index < -0.39 is 0 Å². The normalized spacial score (nSPS) is 11.0. The molecule has 0 aliphatic carbocycles. The number of hydrogen-bond acceptors (Lipinski definition) is 3. The molecule has 0 atom stereocenters. The van der Waals surface area contributed by atoms with Crippen LogP contribution in [0.4, 0.5) is 0 Å². The summed E-state index contributed by atoms with van der Waals surface area (Å²) in [6.07, 6.45) is 1.78. The number of hydrazone groups is 1. The smallest absolute Gasteiger partial charge is 0.206 e. The first-order valence-electron chi connectivity index (χ1n) is 3.95. The van der Waals surface area contributed by atoms with Crippen molar-refractivity contribution in [2.45, 2.75) is 26.7 Å². The summed E-state index contributed by atoms with van der Waals surface area (Å²) in [6.45, 7) is 4.57. The van der Waals surface area contributed by atoms with Crippen LogP contribution in [0.25, 0.3) is 0 Å². The standard InChI is InChI=1S/C7H15N3OS/c1-3-5-6(11-4-2)9-10-7(8)12/h3-5H2,1-2H3,(H3,8,10,12)/b9-6-. The Balaban J connectivity index is 3.89. The molecule has 3 N–H and O–H groups in total. The van der Waals surface area contributed by atoms with Crippen LogP contribution in [0.2, 0.25) is 0 Å². The second-order valence-corrected chi connectivity index (χ2v) is 2.60. The number of nitrogens with one attached hydrogen (secondary N) is 1. The van der Waals surface area contributed by atoms with Gasteiger partial charge in [0.2, 0.25) is 5.90 Å². The van der Waals surface area contributed by atoms with Crippen molar-refractivity contribution in [2.75, 3.05) is 6.61 Å². The highest BCUT2D eigenvalue weighted by atomic mass is 32.1. The summed E-state index contributed by atoms with van der Waals surface area (Å²) in [4.78, 5) is 0. The lowest BCUT2D eigenvalue weighted by Gasteiger charge is -2.05. The van der Waals surface area contributed by atoms with Crippen molar-refractivity contribution in [1.82, 2.24) is 5.43 Å². The van der Waals surface area contributed by atoms with Crippen LogP contribution in [-0.2, 0) is 4.74 Å². The predicted octanol–water partition coefficient (Wildman–Crippen LogP) is 0.970. The first-order valence-corrected chi connectivity index (χ1v) is 4.36. The Morgan fingerprint density at radius 1 is 1.58 bits per heavy atom. The molecule has 12 heavy (non-hydrogen) atoms. The van der Waals surface area contributed by atoms with Gasteiger partial charge in [-0.1, -0.05) is 6.92 Å². The molecule has 0 bridgehead atoms. The molecular weight excluding hydrogens is 174 g/mol. The summed E-state index contributed by atoms with van der Waals surface area (Å²) in [5.41, 5.74) is 7.68. The largest absolute Gasteiger partial charge is 0.480 e. The third kappa shape index (κ3) is 5.91. The van der Waals surface area contributed by atoms with Crippen molar-refractivity contribution < 1.29 is 4.74 Å². The van der Waals surface area contributed by atoms with Gasteiger partial charge in [0.15, 0.2) is 5.11 Å². The third-order valence-electron chi connectivity index (χ3n) is 1.07. The lowest BCUT2D eigenvalue weighted by molar-refractivity contribution is 0.314. The van der Waals surface area contributed by atoms with Gasteiger partial charge in [-0.2, -0.15) is 0 Å². The molecule has 0 radical (unpaired) electrons. The highest BCUT2D eigenvalue weighted by Gasteiger charge is 1.96. The highest BCUT2D eigenvalue weighted by Crippen LogP contribution is 1.93. The molecule has 0 unspecified atom stereocenters. The fourth-order valence-corrected chi connectivity index (χ4v) is 0.704. The van der Waals surface area contributed by atoms with Crippen LogP contribution in [0, 0.1) is 0 Å². The first kappa shape index (κ1) is 11.2. The summed E-state index contributed by atoms with van der Waals surface area (Å²) in [7, 11) is 0. The second kappa shape index (κ2) is 6.84. The minimum absolute atomic E-state index is 0.156. The summed E-state index contributed by atoms with van der Waals surface area (Å²) >= 11 is 4.59. The lowest BCUT2D eigenvalue weighted by Crippen LogP contribution is -2.26. The van der Waals surface area contributed by atoms with E-state index in [1.807, 2.05) is 6.92 Å². The van der Waals surface area contributed by atoms with Crippen molar-refractivity contribution in [1.29, 1.82) is 0 Å². The zero-order chi connectivity index (χ0) is 9.40. The molecule has 0 rings (SSSR count). The summed E-state index contributed by atoms with van der Waals surface area (Å²) in [5, 5.41) is 4.04. The number of nitrogens with two attached hydrogens (primary N) is 1. The van der Waals surface area contributed by atoms with Gasteiger partial charge in [-0.05, 0) is 25.6 Å². The van der Waals surface area contributed by atoms with Crippen LogP contribution in [0.1, 0.15) is 26.7 Å². The van der Waals surface area contributed by atoms with Crippen molar-refractivity contribution in [2.24, 2.45) is 10.8 Å². The summed E-state index contributed by atoms with van der Waals surface area (Å²) < 4.78 is 5.21. The average molecular weight is 189 g/mol. The number of rotatable bonds is 4. The molecule has 0 spiro atoms. The van der Waals surface area contributed by atoms with Gasteiger partial charge in [0, 0.05) is 6.42 Å². The molecule has 0 aliphatic heterocycles. The van der Waals surface area contributed by atoms with E-state index in [0.29, 0.717) is 12.5 Å². The van der Waals surface area contributed by atoms with Crippen molar-refractivity contribution >= 4 is 23.2 Å². The molecule has 0 aromatic heterocycles. The third-order valence-corrected chi connectivity index (χ3v) is 1.16. The molecule has 0 saturated carbocycles. The fourth-order valence-electron chi connectivity index (χ4n) is 0.658. The quantitative estimate of drug-likeness (QED) is 0.299. The van der Waals surface area contributed by atoms with E-state index in [1.165, 1.54) is 0 Å². The molecule has 0 aliphatic rings. The summed E-state index contributed by atoms with van der Waals surface area (Å²) in [5.74, 6) is 0.646. The van der Waals surface area contributed by atoms with Crippen LogP contribution in [0.15, 0.2) is 5.10 Å². The molecule has 0 fully saturated rings. The Morgan fingerprint density at radius 3 is 2.67 bits per heavy atom. The second-order valence-electron chi connectivity index (χ2n) is 2.16. The molecule has 0 aromatic rings. The topological polar surface area (TPSA) is 59.6 Å². The number of ether oxygens (including phenoxy) is 1. The van der Waals surface area contributed by atoms with Crippen LogP contribution in [0.5, 0.6) is 0 Å². The van der Waals surface area contributed by atoms with Crippen LogP contribution < -0.4 is 11.2 Å². The number of thiocarbonyl (C=S) groups is 1. The Bertz CT molecular complexity index is 162. The van der Waals surface area contributed by atoms with E-state index in [4.69, 9.17) is 10.5 Å². The zero-order valence-electron chi connectivity index (χ0n) is 7.46. The Labute approximate surface area is 78.2 Å². The maximum Gasteiger partial charge on any atom is 0.206 e. The molecule has 0 saturated heterocycles. The van der Waals surface area contributed by atoms with Crippen molar-refractivity contribution in [3.63, 3.8) is 0 Å².